The van der Waals surface area contributed by atoms with Gasteiger partial charge in [0.25, 0.3) is 0 Å². The number of amides is 1. The van der Waals surface area contributed by atoms with Gasteiger partial charge in [-0.05, 0) is 19.0 Å². The van der Waals surface area contributed by atoms with Crippen LogP contribution in [0, 0.1) is 5.92 Å². The predicted octanol–water partition coefficient (Wildman–Crippen LogP) is -0.0490. The van der Waals surface area contributed by atoms with Crippen molar-refractivity contribution in [2.75, 3.05) is 26.7 Å². The quantitative estimate of drug-likeness (QED) is 0.777. The van der Waals surface area contributed by atoms with Crippen LogP contribution in [0.1, 0.15) is 6.42 Å². The maximum atomic E-state index is 12.0. The number of nitrogens with zero attached hydrogens (tertiary/aromatic N) is 3. The second-order valence-corrected chi connectivity index (χ2v) is 4.22. The monoisotopic (exact) mass is 222 g/mol. The Morgan fingerprint density at radius 3 is 3.19 bits per heavy atom. The lowest BCUT2D eigenvalue weighted by atomic mass is 10.1. The van der Waals surface area contributed by atoms with E-state index < -0.39 is 0 Å². The molecule has 0 aliphatic carbocycles. The molecule has 5 heteroatoms. The third-order valence-corrected chi connectivity index (χ3v) is 3.01. The van der Waals surface area contributed by atoms with Crippen LogP contribution in [-0.4, -0.2) is 47.3 Å². The molecule has 5 nitrogen and oxygen atoms in total. The first-order valence-corrected chi connectivity index (χ1v) is 5.70. The molecular weight excluding hydrogens is 204 g/mol. The molecule has 1 N–H and O–H groups in total. The first-order chi connectivity index (χ1) is 7.77. The molecule has 1 amide bonds. The molecule has 0 aromatic carbocycles. The summed E-state index contributed by atoms with van der Waals surface area (Å²) in [6.45, 7) is 3.26. The molecule has 88 valence electrons. The third-order valence-electron chi connectivity index (χ3n) is 3.01. The second kappa shape index (κ2) is 5.12. The van der Waals surface area contributed by atoms with Gasteiger partial charge in [-0.2, -0.15) is 5.10 Å². The van der Waals surface area contributed by atoms with Crippen molar-refractivity contribution in [1.82, 2.24) is 20.0 Å². The molecule has 16 heavy (non-hydrogen) atoms. The molecular formula is C11H18N4O. The number of hydrogen-bond donors (Lipinski definition) is 1. The van der Waals surface area contributed by atoms with E-state index in [0.29, 0.717) is 0 Å². The lowest BCUT2D eigenvalue weighted by molar-refractivity contribution is -0.133. The summed E-state index contributed by atoms with van der Waals surface area (Å²) in [4.78, 5) is 13.8. The van der Waals surface area contributed by atoms with Gasteiger partial charge >= 0.3 is 0 Å². The highest BCUT2D eigenvalue weighted by Gasteiger charge is 2.24. The van der Waals surface area contributed by atoms with E-state index in [2.05, 4.69) is 10.4 Å². The van der Waals surface area contributed by atoms with E-state index in [9.17, 15) is 4.79 Å². The molecule has 0 spiro atoms. The average molecular weight is 222 g/mol. The molecule has 1 aliphatic rings. The Labute approximate surface area is 95.4 Å². The maximum absolute atomic E-state index is 12.0. The average Bonchev–Trinajstić information content (AvgIpc) is 2.96. The first kappa shape index (κ1) is 11.1. The van der Waals surface area contributed by atoms with Gasteiger partial charge in [-0.15, -0.1) is 0 Å². The Kier molecular flexibility index (Phi) is 3.56. The predicted molar refractivity (Wildman–Crippen MR) is 60.8 cm³/mol. The Hall–Kier alpha value is -1.36. The van der Waals surface area contributed by atoms with E-state index >= 15 is 0 Å². The molecule has 1 aromatic rings. The number of rotatable bonds is 4. The fourth-order valence-electron chi connectivity index (χ4n) is 1.97. The van der Waals surface area contributed by atoms with Gasteiger partial charge in [0.2, 0.25) is 5.91 Å². The lowest BCUT2D eigenvalue weighted by Crippen LogP contribution is -2.36. The van der Waals surface area contributed by atoms with E-state index in [-0.39, 0.29) is 11.8 Å². The van der Waals surface area contributed by atoms with Gasteiger partial charge in [-0.1, -0.05) is 0 Å². The number of carbonyl (C=O) groups is 1. The van der Waals surface area contributed by atoms with Crippen LogP contribution in [0.3, 0.4) is 0 Å². The largest absolute Gasteiger partial charge is 0.344 e. The molecule has 1 saturated heterocycles. The Morgan fingerprint density at radius 2 is 2.56 bits per heavy atom. The molecule has 2 heterocycles. The molecule has 1 unspecified atom stereocenters. The van der Waals surface area contributed by atoms with Gasteiger partial charge in [-0.25, -0.2) is 0 Å². The minimum atomic E-state index is 0.169. The van der Waals surface area contributed by atoms with Crippen LogP contribution in [0.15, 0.2) is 18.5 Å². The summed E-state index contributed by atoms with van der Waals surface area (Å²) in [6.07, 6.45) is 4.63. The maximum Gasteiger partial charge on any atom is 0.226 e. The molecule has 0 bridgehead atoms. The fraction of sp³-hybridized carbons (Fsp3) is 0.636. The SMILES string of the molecule is CN(CCn1cccn1)C(=O)C1CCNC1. The highest BCUT2D eigenvalue weighted by Crippen LogP contribution is 2.10. The van der Waals surface area contributed by atoms with Gasteiger partial charge in [0.1, 0.15) is 0 Å². The summed E-state index contributed by atoms with van der Waals surface area (Å²) >= 11 is 0. The molecule has 1 aliphatic heterocycles. The first-order valence-electron chi connectivity index (χ1n) is 5.70. The summed E-state index contributed by atoms with van der Waals surface area (Å²) in [5.41, 5.74) is 0. The van der Waals surface area contributed by atoms with Crippen LogP contribution in [-0.2, 0) is 11.3 Å². The van der Waals surface area contributed by atoms with E-state index in [1.807, 2.05) is 24.0 Å². The van der Waals surface area contributed by atoms with Crippen LogP contribution in [0.2, 0.25) is 0 Å². The van der Waals surface area contributed by atoms with Crippen molar-refractivity contribution in [3.05, 3.63) is 18.5 Å². The molecule has 1 fully saturated rings. The number of carbonyl (C=O) groups excluding carboxylic acids is 1. The fourth-order valence-corrected chi connectivity index (χ4v) is 1.97. The normalized spacial score (nSPS) is 19.9. The van der Waals surface area contributed by atoms with Crippen LogP contribution >= 0.6 is 0 Å². The Morgan fingerprint density at radius 1 is 1.69 bits per heavy atom. The highest BCUT2D eigenvalue weighted by atomic mass is 16.2. The minimum absolute atomic E-state index is 0.169. The zero-order valence-electron chi connectivity index (χ0n) is 9.59. The van der Waals surface area contributed by atoms with Gasteiger partial charge in [0.15, 0.2) is 0 Å². The van der Waals surface area contributed by atoms with E-state index in [1.165, 1.54) is 0 Å². The van der Waals surface area contributed by atoms with Crippen LogP contribution in [0.4, 0.5) is 0 Å². The van der Waals surface area contributed by atoms with Crippen molar-refractivity contribution >= 4 is 5.91 Å². The third kappa shape index (κ3) is 2.61. The van der Waals surface area contributed by atoms with Crippen molar-refractivity contribution in [3.8, 4) is 0 Å². The smallest absolute Gasteiger partial charge is 0.226 e. The minimum Gasteiger partial charge on any atom is -0.344 e. The van der Waals surface area contributed by atoms with E-state index in [1.54, 1.807) is 11.1 Å². The summed E-state index contributed by atoms with van der Waals surface area (Å²) in [6, 6.07) is 1.89. The molecule has 0 radical (unpaired) electrons. The summed E-state index contributed by atoms with van der Waals surface area (Å²) < 4.78 is 1.84. The second-order valence-electron chi connectivity index (χ2n) is 4.22. The summed E-state index contributed by atoms with van der Waals surface area (Å²) in [7, 11) is 1.87. The molecule has 1 atom stereocenters. The molecule has 0 saturated carbocycles. The topological polar surface area (TPSA) is 50.2 Å². The molecule has 1 aromatic heterocycles. The van der Waals surface area contributed by atoms with Crippen molar-refractivity contribution in [2.45, 2.75) is 13.0 Å². The summed E-state index contributed by atoms with van der Waals surface area (Å²) in [5.74, 6) is 0.416. The number of aromatic nitrogens is 2. The zero-order valence-corrected chi connectivity index (χ0v) is 9.59. The van der Waals surface area contributed by atoms with Crippen LogP contribution < -0.4 is 5.32 Å². The zero-order chi connectivity index (χ0) is 11.4. The standard InChI is InChI=1S/C11H18N4O/c1-14(7-8-15-6-2-4-13-15)11(16)10-3-5-12-9-10/h2,4,6,10,12H,3,5,7-9H2,1H3. The van der Waals surface area contributed by atoms with Crippen LogP contribution in [0.25, 0.3) is 0 Å². The Balaban J connectivity index is 1.78. The lowest BCUT2D eigenvalue weighted by Gasteiger charge is -2.20. The van der Waals surface area contributed by atoms with Crippen molar-refractivity contribution in [2.24, 2.45) is 5.92 Å². The van der Waals surface area contributed by atoms with E-state index in [0.717, 1.165) is 32.6 Å². The van der Waals surface area contributed by atoms with Crippen molar-refractivity contribution < 1.29 is 4.79 Å². The van der Waals surface area contributed by atoms with Gasteiger partial charge in [0, 0.05) is 32.5 Å². The van der Waals surface area contributed by atoms with Gasteiger partial charge < -0.3 is 10.2 Å². The van der Waals surface area contributed by atoms with Gasteiger partial charge in [-0.3, -0.25) is 9.48 Å². The van der Waals surface area contributed by atoms with E-state index in [4.69, 9.17) is 0 Å². The number of likely N-dealkylation sites (N-methyl/N-ethyl adjacent to an activating group) is 1. The summed E-state index contributed by atoms with van der Waals surface area (Å²) in [5, 5.41) is 7.32. The van der Waals surface area contributed by atoms with Crippen molar-refractivity contribution in [3.63, 3.8) is 0 Å². The van der Waals surface area contributed by atoms with Gasteiger partial charge in [0.05, 0.1) is 12.5 Å². The number of hydrogen-bond acceptors (Lipinski definition) is 3. The highest BCUT2D eigenvalue weighted by molar-refractivity contribution is 5.79. The van der Waals surface area contributed by atoms with Crippen molar-refractivity contribution in [1.29, 1.82) is 0 Å². The Bertz CT molecular complexity index is 330. The van der Waals surface area contributed by atoms with Crippen LogP contribution in [0.5, 0.6) is 0 Å². The molecule has 2 rings (SSSR count). The number of nitrogens with one attached hydrogen (secondary N) is 1.